The standard InChI is InChI=1S/C16H22O4/c1-16(2,17)14-10-12-8-11(6-5-7-18-3)9-13(19-4)15(12)20-14/h5-6,8-9,14,17H,7,10H2,1-4H3/t14-/m0/s1. The molecular weight excluding hydrogens is 256 g/mol. The third kappa shape index (κ3) is 3.14. The van der Waals surface area contributed by atoms with Gasteiger partial charge in [0, 0.05) is 19.1 Å². The second kappa shape index (κ2) is 5.85. The normalized spacial score (nSPS) is 18.1. The highest BCUT2D eigenvalue weighted by molar-refractivity contribution is 5.60. The molecule has 0 aliphatic carbocycles. The van der Waals surface area contributed by atoms with Gasteiger partial charge in [0.25, 0.3) is 0 Å². The first-order valence-electron chi connectivity index (χ1n) is 6.71. The highest BCUT2D eigenvalue weighted by Gasteiger charge is 2.36. The van der Waals surface area contributed by atoms with E-state index in [1.807, 2.05) is 18.2 Å². The number of benzene rings is 1. The first kappa shape index (κ1) is 14.9. The molecule has 0 bridgehead atoms. The molecule has 1 heterocycles. The summed E-state index contributed by atoms with van der Waals surface area (Å²) >= 11 is 0. The van der Waals surface area contributed by atoms with Crippen molar-refractivity contribution in [2.45, 2.75) is 32.0 Å². The molecule has 0 unspecified atom stereocenters. The van der Waals surface area contributed by atoms with Gasteiger partial charge < -0.3 is 19.3 Å². The van der Waals surface area contributed by atoms with Crippen molar-refractivity contribution < 1.29 is 19.3 Å². The summed E-state index contributed by atoms with van der Waals surface area (Å²) in [6, 6.07) is 3.99. The maximum absolute atomic E-state index is 10.1. The Balaban J connectivity index is 2.29. The highest BCUT2D eigenvalue weighted by Crippen LogP contribution is 2.41. The van der Waals surface area contributed by atoms with Gasteiger partial charge in [0.15, 0.2) is 11.5 Å². The number of aliphatic hydroxyl groups is 1. The van der Waals surface area contributed by atoms with Crippen LogP contribution >= 0.6 is 0 Å². The molecule has 110 valence electrons. The van der Waals surface area contributed by atoms with Crippen LogP contribution in [0, 0.1) is 0 Å². The molecule has 1 aromatic carbocycles. The van der Waals surface area contributed by atoms with E-state index in [1.165, 1.54) is 0 Å². The zero-order valence-corrected chi connectivity index (χ0v) is 12.5. The van der Waals surface area contributed by atoms with Crippen LogP contribution in [-0.4, -0.2) is 37.6 Å². The van der Waals surface area contributed by atoms with Gasteiger partial charge in [-0.25, -0.2) is 0 Å². The van der Waals surface area contributed by atoms with Crippen LogP contribution in [0.15, 0.2) is 18.2 Å². The van der Waals surface area contributed by atoms with E-state index in [0.29, 0.717) is 18.8 Å². The van der Waals surface area contributed by atoms with Gasteiger partial charge >= 0.3 is 0 Å². The van der Waals surface area contributed by atoms with Crippen molar-refractivity contribution in [1.82, 2.24) is 0 Å². The smallest absolute Gasteiger partial charge is 0.165 e. The van der Waals surface area contributed by atoms with Crippen molar-refractivity contribution in [3.05, 3.63) is 29.3 Å². The summed E-state index contributed by atoms with van der Waals surface area (Å²) in [5, 5.41) is 10.1. The molecule has 4 nitrogen and oxygen atoms in total. The van der Waals surface area contributed by atoms with E-state index in [-0.39, 0.29) is 6.10 Å². The number of fused-ring (bicyclic) bond motifs is 1. The molecule has 1 aliphatic rings. The topological polar surface area (TPSA) is 47.9 Å². The number of methoxy groups -OCH3 is 2. The first-order valence-corrected chi connectivity index (χ1v) is 6.71. The summed E-state index contributed by atoms with van der Waals surface area (Å²) in [5.74, 6) is 1.44. The van der Waals surface area contributed by atoms with Crippen LogP contribution < -0.4 is 9.47 Å². The number of hydrogen-bond donors (Lipinski definition) is 1. The van der Waals surface area contributed by atoms with Crippen molar-refractivity contribution in [2.24, 2.45) is 0 Å². The monoisotopic (exact) mass is 278 g/mol. The zero-order chi connectivity index (χ0) is 14.8. The van der Waals surface area contributed by atoms with Gasteiger partial charge in [0.2, 0.25) is 0 Å². The summed E-state index contributed by atoms with van der Waals surface area (Å²) in [6.45, 7) is 4.09. The van der Waals surface area contributed by atoms with Crippen LogP contribution in [0.25, 0.3) is 6.08 Å². The lowest BCUT2D eigenvalue weighted by molar-refractivity contribution is -0.0235. The van der Waals surface area contributed by atoms with E-state index in [9.17, 15) is 5.11 Å². The second-order valence-corrected chi connectivity index (χ2v) is 5.53. The van der Waals surface area contributed by atoms with Crippen molar-refractivity contribution >= 4 is 6.08 Å². The quantitative estimate of drug-likeness (QED) is 0.898. The molecule has 1 aromatic rings. The third-order valence-electron chi connectivity index (χ3n) is 3.40. The van der Waals surface area contributed by atoms with E-state index in [0.717, 1.165) is 16.9 Å². The van der Waals surface area contributed by atoms with Crippen LogP contribution in [0.2, 0.25) is 0 Å². The van der Waals surface area contributed by atoms with Gasteiger partial charge in [-0.05, 0) is 31.5 Å². The maximum atomic E-state index is 10.1. The first-order chi connectivity index (χ1) is 9.45. The molecule has 2 rings (SSSR count). The Morgan fingerprint density at radius 3 is 2.75 bits per heavy atom. The molecule has 20 heavy (non-hydrogen) atoms. The predicted molar refractivity (Wildman–Crippen MR) is 78.3 cm³/mol. The lowest BCUT2D eigenvalue weighted by atomic mass is 9.96. The Morgan fingerprint density at radius 2 is 2.15 bits per heavy atom. The summed E-state index contributed by atoms with van der Waals surface area (Å²) < 4.78 is 16.2. The Bertz CT molecular complexity index is 500. The van der Waals surface area contributed by atoms with Crippen LogP contribution in [-0.2, 0) is 11.2 Å². The Morgan fingerprint density at radius 1 is 1.40 bits per heavy atom. The lowest BCUT2D eigenvalue weighted by Crippen LogP contribution is -2.39. The summed E-state index contributed by atoms with van der Waals surface area (Å²) in [6.07, 6.45) is 4.37. The second-order valence-electron chi connectivity index (χ2n) is 5.53. The van der Waals surface area contributed by atoms with E-state index < -0.39 is 5.60 Å². The fourth-order valence-corrected chi connectivity index (χ4v) is 2.27. The predicted octanol–water partition coefficient (Wildman–Crippen LogP) is 2.43. The van der Waals surface area contributed by atoms with Crippen molar-refractivity contribution in [3.8, 4) is 11.5 Å². The molecule has 0 aromatic heterocycles. The Hall–Kier alpha value is -1.52. The SMILES string of the molecule is COCC=Cc1cc2c(c(OC)c1)O[C@H](C(C)(C)O)C2. The van der Waals surface area contributed by atoms with Gasteiger partial charge in [-0.1, -0.05) is 12.2 Å². The summed E-state index contributed by atoms with van der Waals surface area (Å²) in [4.78, 5) is 0. The molecule has 4 heteroatoms. The highest BCUT2D eigenvalue weighted by atomic mass is 16.5. The largest absolute Gasteiger partial charge is 0.493 e. The van der Waals surface area contributed by atoms with Crippen LogP contribution in [0.1, 0.15) is 25.0 Å². The average Bonchev–Trinajstić information content (AvgIpc) is 2.82. The third-order valence-corrected chi connectivity index (χ3v) is 3.40. The molecule has 1 atom stereocenters. The number of hydrogen-bond acceptors (Lipinski definition) is 4. The zero-order valence-electron chi connectivity index (χ0n) is 12.5. The molecule has 0 saturated heterocycles. The molecular formula is C16H22O4. The molecule has 0 amide bonds. The van der Waals surface area contributed by atoms with Gasteiger partial charge in [-0.15, -0.1) is 0 Å². The maximum Gasteiger partial charge on any atom is 0.165 e. The van der Waals surface area contributed by atoms with Crippen LogP contribution in [0.3, 0.4) is 0 Å². The van der Waals surface area contributed by atoms with Gasteiger partial charge in [-0.3, -0.25) is 0 Å². The minimum atomic E-state index is -0.879. The lowest BCUT2D eigenvalue weighted by Gasteiger charge is -2.24. The average molecular weight is 278 g/mol. The minimum absolute atomic E-state index is 0.246. The van der Waals surface area contributed by atoms with E-state index in [1.54, 1.807) is 28.1 Å². The van der Waals surface area contributed by atoms with Crippen molar-refractivity contribution in [1.29, 1.82) is 0 Å². The fraction of sp³-hybridized carbons (Fsp3) is 0.500. The van der Waals surface area contributed by atoms with Crippen LogP contribution in [0.4, 0.5) is 0 Å². The summed E-state index contributed by atoms with van der Waals surface area (Å²) in [7, 11) is 3.29. The number of rotatable bonds is 5. The molecule has 0 spiro atoms. The molecule has 1 N–H and O–H groups in total. The van der Waals surface area contributed by atoms with Crippen molar-refractivity contribution in [3.63, 3.8) is 0 Å². The Labute approximate surface area is 120 Å². The van der Waals surface area contributed by atoms with Gasteiger partial charge in [-0.2, -0.15) is 0 Å². The molecule has 0 fully saturated rings. The minimum Gasteiger partial charge on any atom is -0.493 e. The van der Waals surface area contributed by atoms with E-state index >= 15 is 0 Å². The Kier molecular flexibility index (Phi) is 4.35. The van der Waals surface area contributed by atoms with Gasteiger partial charge in [0.1, 0.15) is 6.10 Å². The van der Waals surface area contributed by atoms with E-state index in [2.05, 4.69) is 6.07 Å². The molecule has 1 aliphatic heterocycles. The number of ether oxygens (including phenoxy) is 3. The summed E-state index contributed by atoms with van der Waals surface area (Å²) in [5.41, 5.74) is 1.22. The fourth-order valence-electron chi connectivity index (χ4n) is 2.27. The molecule has 0 radical (unpaired) electrons. The van der Waals surface area contributed by atoms with Crippen molar-refractivity contribution in [2.75, 3.05) is 20.8 Å². The van der Waals surface area contributed by atoms with Gasteiger partial charge in [0.05, 0.1) is 19.3 Å². The van der Waals surface area contributed by atoms with E-state index in [4.69, 9.17) is 14.2 Å². The molecule has 0 saturated carbocycles. The van der Waals surface area contributed by atoms with Crippen LogP contribution in [0.5, 0.6) is 11.5 Å².